The average molecular weight is 172 g/mol. The van der Waals surface area contributed by atoms with Crippen molar-refractivity contribution in [3.05, 3.63) is 0 Å². The van der Waals surface area contributed by atoms with Gasteiger partial charge in [0.25, 0.3) is 0 Å². The molecule has 0 aromatic heterocycles. The van der Waals surface area contributed by atoms with Crippen molar-refractivity contribution in [3.63, 3.8) is 0 Å². The highest BCUT2D eigenvalue weighted by Gasteiger charge is 2.14. The Labute approximate surface area is 72.6 Å². The van der Waals surface area contributed by atoms with Crippen LogP contribution in [0.3, 0.4) is 0 Å². The van der Waals surface area contributed by atoms with E-state index in [0.29, 0.717) is 6.04 Å². The largest absolute Gasteiger partial charge is 0.387 e. The maximum Gasteiger partial charge on any atom is 0.104 e. The summed E-state index contributed by atoms with van der Waals surface area (Å²) in [7, 11) is 0. The molecule has 1 rings (SSSR count). The topological polar surface area (TPSA) is 38.4 Å². The van der Waals surface area contributed by atoms with E-state index in [4.69, 9.17) is 5.73 Å². The molecule has 64 valence electrons. The molecule has 11 heavy (non-hydrogen) atoms. The minimum absolute atomic E-state index is 0.480. The Hall–Kier alpha value is -0.180. The first-order valence-electron chi connectivity index (χ1n) is 4.08. The monoisotopic (exact) mass is 172 g/mol. The quantitative estimate of drug-likeness (QED) is 0.685. The Bertz CT molecular complexity index is 154. The molecule has 0 spiro atoms. The van der Waals surface area contributed by atoms with Crippen LogP contribution in [-0.4, -0.2) is 23.4 Å². The molecule has 0 aromatic carbocycles. The van der Waals surface area contributed by atoms with Crippen LogP contribution in [0.25, 0.3) is 0 Å². The van der Waals surface area contributed by atoms with Gasteiger partial charge in [-0.25, -0.2) is 0 Å². The molecule has 3 heteroatoms. The van der Waals surface area contributed by atoms with Gasteiger partial charge in [0.05, 0.1) is 11.8 Å². The molecule has 0 aliphatic carbocycles. The van der Waals surface area contributed by atoms with Crippen molar-refractivity contribution in [2.75, 3.05) is 11.5 Å². The van der Waals surface area contributed by atoms with Gasteiger partial charge in [0.15, 0.2) is 0 Å². The van der Waals surface area contributed by atoms with Crippen molar-refractivity contribution in [1.29, 1.82) is 0 Å². The van der Waals surface area contributed by atoms with E-state index >= 15 is 0 Å². The normalized spacial score (nSPS) is 25.4. The average Bonchev–Trinajstić information content (AvgIpc) is 1.85. The minimum atomic E-state index is 0.480. The highest BCUT2D eigenvalue weighted by molar-refractivity contribution is 8.00. The maximum atomic E-state index is 5.63. The van der Waals surface area contributed by atoms with Gasteiger partial charge in [-0.3, -0.25) is 4.99 Å². The molecular weight excluding hydrogens is 156 g/mol. The predicted octanol–water partition coefficient (Wildman–Crippen LogP) is 1.51. The van der Waals surface area contributed by atoms with E-state index in [1.807, 2.05) is 11.8 Å². The van der Waals surface area contributed by atoms with Crippen molar-refractivity contribution in [2.45, 2.75) is 26.3 Å². The first-order chi connectivity index (χ1) is 5.18. The van der Waals surface area contributed by atoms with Gasteiger partial charge in [0.1, 0.15) is 5.84 Å². The molecule has 0 bridgehead atoms. The zero-order chi connectivity index (χ0) is 8.27. The molecule has 0 aromatic rings. The second-order valence-electron chi connectivity index (χ2n) is 3.42. The number of nitrogens with two attached hydrogens (primary N) is 1. The van der Waals surface area contributed by atoms with E-state index in [-0.39, 0.29) is 0 Å². The number of amidine groups is 1. The highest BCUT2D eigenvalue weighted by atomic mass is 32.2. The smallest absolute Gasteiger partial charge is 0.104 e. The van der Waals surface area contributed by atoms with Crippen LogP contribution < -0.4 is 5.73 Å². The summed E-state index contributed by atoms with van der Waals surface area (Å²) >= 11 is 1.90. The van der Waals surface area contributed by atoms with Gasteiger partial charge in [-0.1, -0.05) is 13.8 Å². The lowest BCUT2D eigenvalue weighted by molar-refractivity contribution is 0.524. The van der Waals surface area contributed by atoms with Crippen molar-refractivity contribution >= 4 is 17.6 Å². The highest BCUT2D eigenvalue weighted by Crippen LogP contribution is 2.17. The lowest BCUT2D eigenvalue weighted by atomic mass is 10.1. The number of hydrogen-bond acceptors (Lipinski definition) is 3. The van der Waals surface area contributed by atoms with E-state index < -0.39 is 0 Å². The number of aliphatic imine (C=N–C) groups is 1. The second-order valence-corrected chi connectivity index (χ2v) is 4.45. The zero-order valence-electron chi connectivity index (χ0n) is 7.21. The van der Waals surface area contributed by atoms with Gasteiger partial charge >= 0.3 is 0 Å². The minimum Gasteiger partial charge on any atom is -0.387 e. The Kier molecular flexibility index (Phi) is 3.24. The summed E-state index contributed by atoms with van der Waals surface area (Å²) in [6.07, 6.45) is 1.17. The summed E-state index contributed by atoms with van der Waals surface area (Å²) in [5, 5.41) is 0. The molecule has 2 nitrogen and oxygen atoms in total. The Balaban J connectivity index is 2.39. The fraction of sp³-hybridized carbons (Fsp3) is 0.875. The summed E-state index contributed by atoms with van der Waals surface area (Å²) in [5.74, 6) is 3.63. The third kappa shape index (κ3) is 3.14. The third-order valence-electron chi connectivity index (χ3n) is 1.65. The standard InChI is InChI=1S/C8H16N2S/c1-6(2)3-7-4-11-5-8(9)10-7/h6-7H,3-5H2,1-2H3,(H2,9,10)/t7-/m0/s1. The van der Waals surface area contributed by atoms with Crippen LogP contribution >= 0.6 is 11.8 Å². The van der Waals surface area contributed by atoms with Crippen molar-refractivity contribution < 1.29 is 0 Å². The predicted molar refractivity (Wildman–Crippen MR) is 52.2 cm³/mol. The molecule has 0 saturated heterocycles. The molecule has 2 N–H and O–H groups in total. The maximum absolute atomic E-state index is 5.63. The molecule has 1 aliphatic heterocycles. The van der Waals surface area contributed by atoms with Crippen LogP contribution in [0, 0.1) is 5.92 Å². The first-order valence-corrected chi connectivity index (χ1v) is 5.24. The van der Waals surface area contributed by atoms with Crippen molar-refractivity contribution in [1.82, 2.24) is 0 Å². The van der Waals surface area contributed by atoms with E-state index in [1.165, 1.54) is 6.42 Å². The molecule has 1 aliphatic rings. The third-order valence-corrected chi connectivity index (χ3v) is 2.77. The van der Waals surface area contributed by atoms with E-state index in [2.05, 4.69) is 18.8 Å². The van der Waals surface area contributed by atoms with Crippen LogP contribution in [-0.2, 0) is 0 Å². The molecule has 1 atom stereocenters. The fourth-order valence-corrected chi connectivity index (χ4v) is 2.16. The van der Waals surface area contributed by atoms with Crippen LogP contribution in [0.15, 0.2) is 4.99 Å². The van der Waals surface area contributed by atoms with E-state index in [1.54, 1.807) is 0 Å². The molecule has 0 amide bonds. The summed E-state index contributed by atoms with van der Waals surface area (Å²) in [6, 6.07) is 0.480. The lowest BCUT2D eigenvalue weighted by Crippen LogP contribution is -2.26. The van der Waals surface area contributed by atoms with Gasteiger partial charge < -0.3 is 5.73 Å². The SMILES string of the molecule is CC(C)C[C@H]1CSCC(N)=N1. The number of thioether (sulfide) groups is 1. The molecule has 1 heterocycles. The van der Waals surface area contributed by atoms with Gasteiger partial charge in [0.2, 0.25) is 0 Å². The number of hydrogen-bond donors (Lipinski definition) is 1. The van der Waals surface area contributed by atoms with Crippen LogP contribution in [0.5, 0.6) is 0 Å². The first kappa shape index (κ1) is 8.91. The molecule has 0 radical (unpaired) electrons. The van der Waals surface area contributed by atoms with Crippen LogP contribution in [0.1, 0.15) is 20.3 Å². The van der Waals surface area contributed by atoms with Gasteiger partial charge in [-0.2, -0.15) is 11.8 Å². The van der Waals surface area contributed by atoms with Gasteiger partial charge in [0, 0.05) is 5.75 Å². The second kappa shape index (κ2) is 4.00. The summed E-state index contributed by atoms with van der Waals surface area (Å²) < 4.78 is 0. The van der Waals surface area contributed by atoms with Crippen LogP contribution in [0.2, 0.25) is 0 Å². The number of rotatable bonds is 2. The molecular formula is C8H16N2S. The van der Waals surface area contributed by atoms with Gasteiger partial charge in [-0.15, -0.1) is 0 Å². The van der Waals surface area contributed by atoms with Crippen LogP contribution in [0.4, 0.5) is 0 Å². The Morgan fingerprint density at radius 1 is 1.73 bits per heavy atom. The fourth-order valence-electron chi connectivity index (χ4n) is 1.27. The zero-order valence-corrected chi connectivity index (χ0v) is 8.03. The lowest BCUT2D eigenvalue weighted by Gasteiger charge is -2.19. The molecule has 0 saturated carbocycles. The Morgan fingerprint density at radius 2 is 2.45 bits per heavy atom. The number of nitrogens with zero attached hydrogens (tertiary/aromatic N) is 1. The van der Waals surface area contributed by atoms with E-state index in [9.17, 15) is 0 Å². The van der Waals surface area contributed by atoms with Crippen molar-refractivity contribution in [3.8, 4) is 0 Å². The van der Waals surface area contributed by atoms with E-state index in [0.717, 1.165) is 23.3 Å². The summed E-state index contributed by atoms with van der Waals surface area (Å²) in [4.78, 5) is 4.40. The molecule has 0 unspecified atom stereocenters. The van der Waals surface area contributed by atoms with Gasteiger partial charge in [-0.05, 0) is 12.3 Å². The van der Waals surface area contributed by atoms with Crippen molar-refractivity contribution in [2.24, 2.45) is 16.6 Å². The summed E-state index contributed by atoms with van der Waals surface area (Å²) in [6.45, 7) is 4.45. The Morgan fingerprint density at radius 3 is 3.00 bits per heavy atom. The summed E-state index contributed by atoms with van der Waals surface area (Å²) in [5.41, 5.74) is 5.63. The molecule has 0 fully saturated rings.